The summed E-state index contributed by atoms with van der Waals surface area (Å²) >= 11 is 34.6. The van der Waals surface area contributed by atoms with Crippen molar-refractivity contribution in [2.75, 3.05) is 5.32 Å². The Morgan fingerprint density at radius 1 is 0.868 bits per heavy atom. The van der Waals surface area contributed by atoms with Crippen LogP contribution in [0.4, 0.5) is 5.69 Å². The summed E-state index contributed by atoms with van der Waals surface area (Å²) in [6.07, 6.45) is 0. The molecule has 192 valence electrons. The first kappa shape index (κ1) is 36.1. The van der Waals surface area contributed by atoms with Crippen LogP contribution < -0.4 is 40.0 Å². The van der Waals surface area contributed by atoms with Gasteiger partial charge in [-0.2, -0.15) is 0 Å². The maximum atomic E-state index is 12.5. The van der Waals surface area contributed by atoms with Gasteiger partial charge in [-0.25, -0.2) is 4.79 Å². The largest absolute Gasteiger partial charge is 1.00 e. The van der Waals surface area contributed by atoms with Gasteiger partial charge in [0.15, 0.2) is 0 Å². The Balaban J connectivity index is 0.000000438. The van der Waals surface area contributed by atoms with Gasteiger partial charge in [-0.1, -0.05) is 75.7 Å². The van der Waals surface area contributed by atoms with Crippen molar-refractivity contribution >= 4 is 101 Å². The van der Waals surface area contributed by atoms with Gasteiger partial charge in [0.25, 0.3) is 5.91 Å². The van der Waals surface area contributed by atoms with Crippen LogP contribution >= 0.6 is 77.8 Å². The van der Waals surface area contributed by atoms with Crippen LogP contribution in [0.5, 0.6) is 0 Å². The Labute approximate surface area is 285 Å². The summed E-state index contributed by atoms with van der Waals surface area (Å²) in [5, 5.41) is 21.4. The molecule has 0 unspecified atom stereocenters. The number of carboxylic acids is 2. The predicted molar refractivity (Wildman–Crippen MR) is 145 cm³/mol. The summed E-state index contributed by atoms with van der Waals surface area (Å²) in [6, 6.07) is 11.6. The molecule has 0 aliphatic heterocycles. The van der Waals surface area contributed by atoms with E-state index in [2.05, 4.69) is 12.2 Å². The zero-order valence-electron chi connectivity index (χ0n) is 19.7. The second kappa shape index (κ2) is 17.1. The molecular formula is C23H14Cl6HgNNaO5S. The SMILES string of the molecule is C[CH2][Hg][S]c1ccccc1C(=O)[O-].O=C(O)c1c(Cl)c(Cl)c(Cl)c(Cl)c1C(=O)Nc1cccc(Cl)c1Cl.[Na+]. The van der Waals surface area contributed by atoms with Crippen molar-refractivity contribution in [2.24, 2.45) is 0 Å². The van der Waals surface area contributed by atoms with Gasteiger partial charge >= 0.3 is 128 Å². The van der Waals surface area contributed by atoms with Gasteiger partial charge in [0.1, 0.15) is 0 Å². The minimum absolute atomic E-state index is 0. The van der Waals surface area contributed by atoms with Crippen molar-refractivity contribution in [3.05, 3.63) is 89.3 Å². The molecule has 0 aliphatic rings. The van der Waals surface area contributed by atoms with Crippen LogP contribution in [-0.2, 0) is 23.1 Å². The summed E-state index contributed by atoms with van der Waals surface area (Å²) in [5.41, 5.74) is -0.518. The third kappa shape index (κ3) is 9.31. The number of carbonyl (C=O) groups excluding carboxylic acids is 2. The number of nitrogens with one attached hydrogen (secondary N) is 1. The summed E-state index contributed by atoms with van der Waals surface area (Å²) < 4.78 is 1.26. The van der Waals surface area contributed by atoms with Gasteiger partial charge in [0.2, 0.25) is 0 Å². The molecule has 15 heteroatoms. The van der Waals surface area contributed by atoms with Crippen LogP contribution in [-0.4, -0.2) is 23.0 Å². The fourth-order valence-corrected chi connectivity index (χ4v) is 13.0. The van der Waals surface area contributed by atoms with Crippen LogP contribution in [0.2, 0.25) is 34.1 Å². The van der Waals surface area contributed by atoms with Crippen molar-refractivity contribution in [3.8, 4) is 0 Å². The van der Waals surface area contributed by atoms with Gasteiger partial charge < -0.3 is 10.4 Å². The molecule has 0 atom stereocenters. The van der Waals surface area contributed by atoms with Crippen LogP contribution in [0.1, 0.15) is 38.0 Å². The van der Waals surface area contributed by atoms with Crippen molar-refractivity contribution < 1.29 is 77.2 Å². The normalized spacial score (nSPS) is 9.87. The maximum Gasteiger partial charge on any atom is 1.00 e. The van der Waals surface area contributed by atoms with Crippen LogP contribution in [0.15, 0.2) is 47.4 Å². The first-order valence-corrected chi connectivity index (χ1v) is 24.1. The molecule has 0 saturated carbocycles. The van der Waals surface area contributed by atoms with E-state index in [1.807, 2.05) is 12.1 Å². The second-order valence-electron chi connectivity index (χ2n) is 7.00. The number of halogens is 6. The standard InChI is InChI=1S/C14H5Cl6NO3.C7H6O2S.C2H5.Hg.Na/c15-4-2-1-3-5(8(4)16)21-13(22)6-7(14(23)24)10(18)12(20)11(19)9(6)17;8-7(9)5-3-1-2-4-6(5)10;1-2;;/h1-3H,(H,21,22)(H,23,24);1-4,10H,(H,8,9);1H2,2H3;;/q;;;2*+1/p-2. The Kier molecular flexibility index (Phi) is 16.3. The molecule has 1 amide bonds. The molecule has 38 heavy (non-hydrogen) atoms. The van der Waals surface area contributed by atoms with Crippen molar-refractivity contribution in [1.29, 1.82) is 0 Å². The number of hydrogen-bond acceptors (Lipinski definition) is 5. The quantitative estimate of drug-likeness (QED) is 0.194. The number of anilines is 1. The molecule has 0 aliphatic carbocycles. The molecule has 0 spiro atoms. The number of carbonyl (C=O) groups is 3. The van der Waals surface area contributed by atoms with E-state index in [9.17, 15) is 24.6 Å². The molecule has 0 radical (unpaired) electrons. The Bertz CT molecular complexity index is 1360. The molecule has 0 saturated heterocycles. The summed E-state index contributed by atoms with van der Waals surface area (Å²) in [6.45, 7) is 2.16. The van der Waals surface area contributed by atoms with E-state index < -0.39 is 57.1 Å². The van der Waals surface area contributed by atoms with Crippen molar-refractivity contribution in [1.82, 2.24) is 0 Å². The molecule has 0 bridgehead atoms. The number of benzene rings is 3. The second-order valence-corrected chi connectivity index (χ2v) is 22.4. The first-order chi connectivity index (χ1) is 17.4. The average Bonchev–Trinajstić information content (AvgIpc) is 2.86. The maximum absolute atomic E-state index is 12.5. The number of aromatic carboxylic acids is 2. The Morgan fingerprint density at radius 2 is 1.45 bits per heavy atom. The van der Waals surface area contributed by atoms with E-state index in [1.165, 1.54) is 16.1 Å². The van der Waals surface area contributed by atoms with Crippen molar-refractivity contribution in [2.45, 2.75) is 15.7 Å². The molecule has 3 aromatic rings. The van der Waals surface area contributed by atoms with Gasteiger partial charge in [0.05, 0.1) is 47.0 Å². The number of rotatable bonds is 7. The van der Waals surface area contributed by atoms with E-state index in [1.54, 1.807) is 26.4 Å². The summed E-state index contributed by atoms with van der Waals surface area (Å²) in [4.78, 5) is 35.6. The zero-order valence-corrected chi connectivity index (χ0v) is 32.6. The van der Waals surface area contributed by atoms with Crippen LogP contribution in [0, 0.1) is 0 Å². The van der Waals surface area contributed by atoms with Gasteiger partial charge in [0, 0.05) is 0 Å². The number of carboxylic acid groups (broad SMARTS) is 2. The molecule has 6 nitrogen and oxygen atoms in total. The molecule has 3 rings (SSSR count). The minimum Gasteiger partial charge on any atom is -0.478 e. The van der Waals surface area contributed by atoms with Crippen LogP contribution in [0.25, 0.3) is 0 Å². The molecule has 3 aromatic carbocycles. The van der Waals surface area contributed by atoms with Crippen LogP contribution in [0.3, 0.4) is 0 Å². The summed E-state index contributed by atoms with van der Waals surface area (Å²) in [5.74, 6) is -3.45. The Morgan fingerprint density at radius 3 is 2.00 bits per heavy atom. The fourth-order valence-electron chi connectivity index (χ4n) is 2.80. The summed E-state index contributed by atoms with van der Waals surface area (Å²) in [7, 11) is 1.78. The van der Waals surface area contributed by atoms with Crippen molar-refractivity contribution in [3.63, 3.8) is 0 Å². The number of amides is 1. The first-order valence-electron chi connectivity index (χ1n) is 10.2. The molecule has 0 aromatic heterocycles. The zero-order chi connectivity index (χ0) is 27.9. The molecule has 2 N–H and O–H groups in total. The van der Waals surface area contributed by atoms with Gasteiger partial charge in [-0.05, 0) is 12.1 Å². The Hall–Kier alpha value is 0.0951. The van der Waals surface area contributed by atoms with Gasteiger partial charge in [-0.15, -0.1) is 0 Å². The van der Waals surface area contributed by atoms with E-state index in [4.69, 9.17) is 69.6 Å². The topological polar surface area (TPSA) is 107 Å². The third-order valence-electron chi connectivity index (χ3n) is 4.48. The smallest absolute Gasteiger partial charge is 0.478 e. The number of hydrogen-bond donors (Lipinski definition) is 2. The molecular weight excluding hydrogens is 839 g/mol. The van der Waals surface area contributed by atoms with Gasteiger partial charge in [-0.3, -0.25) is 4.79 Å². The van der Waals surface area contributed by atoms with E-state index in [0.717, 1.165) is 4.90 Å². The third-order valence-corrected chi connectivity index (χ3v) is 19.1. The monoisotopic (exact) mass is 851 g/mol. The predicted octanol–water partition coefficient (Wildman–Crippen LogP) is 5.14. The van der Waals surface area contributed by atoms with E-state index in [0.29, 0.717) is 5.56 Å². The minimum atomic E-state index is -1.50. The van der Waals surface area contributed by atoms with E-state index in [-0.39, 0.29) is 60.4 Å². The molecule has 0 heterocycles. The fraction of sp³-hybridized carbons (Fsp3) is 0.0870. The molecule has 0 fully saturated rings. The van der Waals surface area contributed by atoms with E-state index >= 15 is 0 Å². The average molecular weight is 853 g/mol.